The Hall–Kier alpha value is -2.69. The van der Waals surface area contributed by atoms with Gasteiger partial charge in [0.05, 0.1) is 19.8 Å². The van der Waals surface area contributed by atoms with Crippen LogP contribution in [-0.2, 0) is 6.54 Å². The number of nitrogens with one attached hydrogen (secondary N) is 1. The first-order valence-corrected chi connectivity index (χ1v) is 7.95. The van der Waals surface area contributed by atoms with E-state index in [1.165, 1.54) is 0 Å². The van der Waals surface area contributed by atoms with Crippen molar-refractivity contribution in [2.24, 2.45) is 10.7 Å². The Kier molecular flexibility index (Phi) is 6.07. The second-order valence-corrected chi connectivity index (χ2v) is 5.82. The fourth-order valence-electron chi connectivity index (χ4n) is 2.22. The third-order valence-corrected chi connectivity index (χ3v) is 3.40. The van der Waals surface area contributed by atoms with Crippen LogP contribution in [0.3, 0.4) is 0 Å². The van der Waals surface area contributed by atoms with Crippen molar-refractivity contribution in [2.45, 2.75) is 33.4 Å². The van der Waals surface area contributed by atoms with Crippen LogP contribution in [0.1, 0.15) is 25.0 Å². The minimum atomic E-state index is 0.155. The highest BCUT2D eigenvalue weighted by Gasteiger charge is 2.02. The maximum absolute atomic E-state index is 5.95. The summed E-state index contributed by atoms with van der Waals surface area (Å²) >= 11 is 0. The van der Waals surface area contributed by atoms with Gasteiger partial charge >= 0.3 is 0 Å². The zero-order chi connectivity index (χ0) is 17.5. The summed E-state index contributed by atoms with van der Waals surface area (Å²) in [4.78, 5) is 4.36. The number of benzene rings is 2. The average molecular weight is 327 g/mol. The number of nitrogens with two attached hydrogens (primary N) is 1. The number of aryl methyl sites for hydroxylation is 1. The average Bonchev–Trinajstić information content (AvgIpc) is 2.55. The third kappa shape index (κ3) is 5.19. The molecule has 0 atom stereocenters. The monoisotopic (exact) mass is 327 g/mol. The summed E-state index contributed by atoms with van der Waals surface area (Å²) in [6.45, 7) is 6.49. The van der Waals surface area contributed by atoms with Crippen LogP contribution in [0.25, 0.3) is 0 Å². The number of hydrogen-bond acceptors (Lipinski definition) is 3. The molecule has 0 heterocycles. The molecule has 3 N–H and O–H groups in total. The van der Waals surface area contributed by atoms with E-state index >= 15 is 0 Å². The summed E-state index contributed by atoms with van der Waals surface area (Å²) in [6.07, 6.45) is 0.155. The van der Waals surface area contributed by atoms with E-state index in [1.807, 2.05) is 63.2 Å². The lowest BCUT2D eigenvalue weighted by molar-refractivity contribution is 0.242. The summed E-state index contributed by atoms with van der Waals surface area (Å²) in [6, 6.07) is 13.6. The molecular weight excluding hydrogens is 302 g/mol. The molecule has 0 aliphatic heterocycles. The molecule has 2 rings (SSSR count). The molecule has 0 aromatic heterocycles. The highest BCUT2D eigenvalue weighted by Crippen LogP contribution is 2.20. The number of nitrogens with zero attached hydrogens (tertiary/aromatic N) is 1. The van der Waals surface area contributed by atoms with Crippen LogP contribution in [0.4, 0.5) is 5.69 Å². The van der Waals surface area contributed by atoms with E-state index in [2.05, 4.69) is 10.3 Å². The zero-order valence-corrected chi connectivity index (χ0v) is 14.7. The van der Waals surface area contributed by atoms with Gasteiger partial charge in [-0.25, -0.2) is 4.99 Å². The maximum atomic E-state index is 5.95. The van der Waals surface area contributed by atoms with Gasteiger partial charge in [-0.3, -0.25) is 0 Å². The summed E-state index contributed by atoms with van der Waals surface area (Å²) in [5, 5.41) is 3.07. The second kappa shape index (κ2) is 8.24. The molecule has 0 radical (unpaired) electrons. The molecule has 0 aliphatic rings. The van der Waals surface area contributed by atoms with Gasteiger partial charge in [-0.1, -0.05) is 12.1 Å². The normalized spacial score (nSPS) is 11.5. The van der Waals surface area contributed by atoms with Gasteiger partial charge in [0.25, 0.3) is 0 Å². The molecule has 0 saturated carbocycles. The van der Waals surface area contributed by atoms with Gasteiger partial charge in [0.15, 0.2) is 5.96 Å². The Morgan fingerprint density at radius 1 is 1.17 bits per heavy atom. The molecule has 0 fully saturated rings. The van der Waals surface area contributed by atoms with E-state index in [4.69, 9.17) is 15.2 Å². The van der Waals surface area contributed by atoms with Crippen LogP contribution in [0.15, 0.2) is 47.5 Å². The number of methoxy groups -OCH3 is 1. The molecule has 24 heavy (non-hydrogen) atoms. The second-order valence-electron chi connectivity index (χ2n) is 5.82. The first-order chi connectivity index (χ1) is 11.5. The molecule has 0 amide bonds. The van der Waals surface area contributed by atoms with Gasteiger partial charge in [0.1, 0.15) is 11.5 Å². The molecular formula is C19H25N3O2. The highest BCUT2D eigenvalue weighted by molar-refractivity contribution is 5.92. The number of hydrogen-bond donors (Lipinski definition) is 2. The maximum Gasteiger partial charge on any atom is 0.193 e. The molecule has 2 aromatic carbocycles. The van der Waals surface area contributed by atoms with Crippen molar-refractivity contribution in [3.63, 3.8) is 0 Å². The highest BCUT2D eigenvalue weighted by atomic mass is 16.5. The Bertz CT molecular complexity index is 694. The molecule has 2 aromatic rings. The molecule has 0 unspecified atom stereocenters. The number of anilines is 1. The smallest absolute Gasteiger partial charge is 0.193 e. The topological polar surface area (TPSA) is 68.9 Å². The number of rotatable bonds is 6. The van der Waals surface area contributed by atoms with Crippen molar-refractivity contribution in [2.75, 3.05) is 12.4 Å². The van der Waals surface area contributed by atoms with Crippen molar-refractivity contribution < 1.29 is 9.47 Å². The molecule has 128 valence electrons. The zero-order valence-electron chi connectivity index (χ0n) is 14.7. The lowest BCUT2D eigenvalue weighted by Gasteiger charge is -2.11. The Morgan fingerprint density at radius 2 is 1.88 bits per heavy atom. The van der Waals surface area contributed by atoms with Gasteiger partial charge in [0, 0.05) is 5.69 Å². The number of ether oxygens (including phenoxy) is 2. The lowest BCUT2D eigenvalue weighted by atomic mass is 10.1. The van der Waals surface area contributed by atoms with Gasteiger partial charge < -0.3 is 20.5 Å². The first kappa shape index (κ1) is 17.7. The van der Waals surface area contributed by atoms with Crippen LogP contribution in [0.2, 0.25) is 0 Å². The Labute approximate surface area is 143 Å². The van der Waals surface area contributed by atoms with Gasteiger partial charge in [-0.2, -0.15) is 0 Å². The van der Waals surface area contributed by atoms with Gasteiger partial charge in [-0.15, -0.1) is 0 Å². The fourth-order valence-corrected chi connectivity index (χ4v) is 2.22. The van der Waals surface area contributed by atoms with Crippen LogP contribution in [0.5, 0.6) is 11.5 Å². The largest absolute Gasteiger partial charge is 0.496 e. The van der Waals surface area contributed by atoms with Crippen molar-refractivity contribution in [1.82, 2.24) is 0 Å². The predicted octanol–water partition coefficient (Wildman–Crippen LogP) is 3.72. The molecule has 5 nitrogen and oxygen atoms in total. The fraction of sp³-hybridized carbons (Fsp3) is 0.316. The Balaban J connectivity index is 1.96. The van der Waals surface area contributed by atoms with Crippen LogP contribution in [0, 0.1) is 6.92 Å². The van der Waals surface area contributed by atoms with E-state index in [0.29, 0.717) is 12.5 Å². The summed E-state index contributed by atoms with van der Waals surface area (Å²) in [5.74, 6) is 2.06. The van der Waals surface area contributed by atoms with Crippen molar-refractivity contribution in [1.29, 1.82) is 0 Å². The van der Waals surface area contributed by atoms with Crippen molar-refractivity contribution in [3.8, 4) is 11.5 Å². The summed E-state index contributed by atoms with van der Waals surface area (Å²) < 4.78 is 10.9. The van der Waals surface area contributed by atoms with Crippen LogP contribution < -0.4 is 20.5 Å². The van der Waals surface area contributed by atoms with Crippen LogP contribution >= 0.6 is 0 Å². The number of aliphatic imine (C=N–C) groups is 1. The quantitative estimate of drug-likeness (QED) is 0.627. The van der Waals surface area contributed by atoms with E-state index in [9.17, 15) is 0 Å². The van der Waals surface area contributed by atoms with E-state index in [0.717, 1.165) is 28.3 Å². The predicted molar refractivity (Wildman–Crippen MR) is 98.9 cm³/mol. The molecule has 5 heteroatoms. The molecule has 0 saturated heterocycles. The van der Waals surface area contributed by atoms with Gasteiger partial charge in [-0.05, 0) is 62.2 Å². The molecule has 0 aliphatic carbocycles. The first-order valence-electron chi connectivity index (χ1n) is 7.95. The van der Waals surface area contributed by atoms with Crippen molar-refractivity contribution in [3.05, 3.63) is 53.6 Å². The van der Waals surface area contributed by atoms with E-state index in [-0.39, 0.29) is 6.10 Å². The van der Waals surface area contributed by atoms with E-state index in [1.54, 1.807) is 7.11 Å². The van der Waals surface area contributed by atoms with Gasteiger partial charge in [0.2, 0.25) is 0 Å². The summed E-state index contributed by atoms with van der Waals surface area (Å²) in [5.41, 5.74) is 8.96. The standard InChI is InChI=1S/C19H25N3O2/c1-13(2)24-17-9-7-16(8-10-17)22-19(20)21-12-15-6-5-14(3)18(11-15)23-4/h5-11,13H,12H2,1-4H3,(H3,20,21,22). The Morgan fingerprint density at radius 3 is 2.50 bits per heavy atom. The van der Waals surface area contributed by atoms with Crippen LogP contribution in [-0.4, -0.2) is 19.2 Å². The minimum Gasteiger partial charge on any atom is -0.496 e. The summed E-state index contributed by atoms with van der Waals surface area (Å²) in [7, 11) is 1.66. The minimum absolute atomic E-state index is 0.155. The third-order valence-electron chi connectivity index (χ3n) is 3.40. The van der Waals surface area contributed by atoms with E-state index < -0.39 is 0 Å². The molecule has 0 bridgehead atoms. The molecule has 0 spiro atoms. The SMILES string of the molecule is COc1cc(CN=C(N)Nc2ccc(OC(C)C)cc2)ccc1C. The number of guanidine groups is 1. The van der Waals surface area contributed by atoms with Crippen molar-refractivity contribution >= 4 is 11.6 Å². The lowest BCUT2D eigenvalue weighted by Crippen LogP contribution is -2.22.